The number of aryl methyl sites for hydroxylation is 1. The third-order valence-corrected chi connectivity index (χ3v) is 4.55. The first-order valence-corrected chi connectivity index (χ1v) is 7.70. The zero-order valence-electron chi connectivity index (χ0n) is 12.6. The average Bonchev–Trinajstić information content (AvgIpc) is 2.40. The number of rotatable bonds is 2. The van der Waals surface area contributed by atoms with E-state index in [0.29, 0.717) is 0 Å². The zero-order valence-corrected chi connectivity index (χ0v) is 14.2. The van der Waals surface area contributed by atoms with E-state index in [9.17, 15) is 0 Å². The van der Waals surface area contributed by atoms with E-state index in [2.05, 4.69) is 86.1 Å². The third kappa shape index (κ3) is 3.31. The van der Waals surface area contributed by atoms with Crippen LogP contribution in [0.1, 0.15) is 49.1 Å². The summed E-state index contributed by atoms with van der Waals surface area (Å²) < 4.78 is 1.11. The van der Waals surface area contributed by atoms with Gasteiger partial charge >= 0.3 is 0 Å². The number of halogens is 1. The van der Waals surface area contributed by atoms with Gasteiger partial charge in [-0.25, -0.2) is 0 Å². The van der Waals surface area contributed by atoms with Gasteiger partial charge < -0.3 is 5.73 Å². The highest BCUT2D eigenvalue weighted by Gasteiger charge is 2.15. The van der Waals surface area contributed by atoms with E-state index in [-0.39, 0.29) is 11.5 Å². The lowest BCUT2D eigenvalue weighted by molar-refractivity contribution is 0.589. The van der Waals surface area contributed by atoms with Gasteiger partial charge in [0.05, 0.1) is 6.04 Å². The van der Waals surface area contributed by atoms with Gasteiger partial charge in [-0.2, -0.15) is 0 Å². The molecule has 0 saturated carbocycles. The van der Waals surface area contributed by atoms with Gasteiger partial charge in [-0.1, -0.05) is 73.1 Å². The van der Waals surface area contributed by atoms with E-state index in [1.54, 1.807) is 0 Å². The van der Waals surface area contributed by atoms with Crippen molar-refractivity contribution in [3.8, 4) is 0 Å². The van der Waals surface area contributed by atoms with Crippen molar-refractivity contribution in [3.05, 3.63) is 69.2 Å². The summed E-state index contributed by atoms with van der Waals surface area (Å²) in [6.07, 6.45) is 0. The molecule has 1 unspecified atom stereocenters. The van der Waals surface area contributed by atoms with Gasteiger partial charge in [0.25, 0.3) is 0 Å². The molecule has 0 spiro atoms. The van der Waals surface area contributed by atoms with Gasteiger partial charge in [-0.3, -0.25) is 0 Å². The fourth-order valence-electron chi connectivity index (χ4n) is 2.19. The summed E-state index contributed by atoms with van der Waals surface area (Å²) in [5.74, 6) is 0. The molecule has 2 rings (SSSR count). The molecule has 0 aromatic heterocycles. The Hall–Kier alpha value is -1.12. The van der Waals surface area contributed by atoms with Crippen molar-refractivity contribution in [1.82, 2.24) is 0 Å². The van der Waals surface area contributed by atoms with Crippen LogP contribution < -0.4 is 5.73 Å². The van der Waals surface area contributed by atoms with Crippen molar-refractivity contribution < 1.29 is 0 Å². The molecule has 0 aliphatic rings. The number of benzene rings is 2. The lowest BCUT2D eigenvalue weighted by Gasteiger charge is -2.20. The van der Waals surface area contributed by atoms with Gasteiger partial charge in [0, 0.05) is 4.47 Å². The minimum Gasteiger partial charge on any atom is -0.320 e. The van der Waals surface area contributed by atoms with E-state index >= 15 is 0 Å². The van der Waals surface area contributed by atoms with Crippen molar-refractivity contribution in [1.29, 1.82) is 0 Å². The fourth-order valence-corrected chi connectivity index (χ4v) is 2.58. The molecule has 0 heterocycles. The molecule has 0 amide bonds. The molecule has 0 aliphatic heterocycles. The molecule has 2 N–H and O–H groups in total. The van der Waals surface area contributed by atoms with Crippen LogP contribution >= 0.6 is 15.9 Å². The quantitative estimate of drug-likeness (QED) is 0.813. The van der Waals surface area contributed by atoms with Gasteiger partial charge in [0.1, 0.15) is 0 Å². The summed E-state index contributed by atoms with van der Waals surface area (Å²) in [5.41, 5.74) is 11.4. The lowest BCUT2D eigenvalue weighted by Crippen LogP contribution is -2.14. The van der Waals surface area contributed by atoms with Crippen LogP contribution in [-0.4, -0.2) is 0 Å². The van der Waals surface area contributed by atoms with Crippen molar-refractivity contribution in [3.63, 3.8) is 0 Å². The number of nitrogens with two attached hydrogens (primary N) is 1. The highest BCUT2D eigenvalue weighted by atomic mass is 79.9. The summed E-state index contributed by atoms with van der Waals surface area (Å²) in [6.45, 7) is 8.74. The second kappa shape index (κ2) is 5.71. The molecule has 0 fully saturated rings. The van der Waals surface area contributed by atoms with Crippen LogP contribution in [0.15, 0.2) is 46.9 Å². The van der Waals surface area contributed by atoms with Gasteiger partial charge in [0.2, 0.25) is 0 Å². The van der Waals surface area contributed by atoms with E-state index in [0.717, 1.165) is 15.6 Å². The zero-order chi connectivity index (χ0) is 14.9. The first kappa shape index (κ1) is 15.3. The van der Waals surface area contributed by atoms with E-state index in [4.69, 9.17) is 5.73 Å². The van der Waals surface area contributed by atoms with Gasteiger partial charge in [0.15, 0.2) is 0 Å². The van der Waals surface area contributed by atoms with E-state index in [1.807, 2.05) is 0 Å². The predicted molar refractivity (Wildman–Crippen MR) is 90.1 cm³/mol. The van der Waals surface area contributed by atoms with Crippen LogP contribution in [0.2, 0.25) is 0 Å². The van der Waals surface area contributed by atoms with Gasteiger partial charge in [-0.15, -0.1) is 0 Å². The Kier molecular flexibility index (Phi) is 4.36. The maximum Gasteiger partial charge on any atom is 0.0552 e. The summed E-state index contributed by atoms with van der Waals surface area (Å²) in [5, 5.41) is 0. The molecule has 0 radical (unpaired) electrons. The van der Waals surface area contributed by atoms with E-state index in [1.165, 1.54) is 11.1 Å². The Labute approximate surface area is 130 Å². The molecule has 1 nitrogen and oxygen atoms in total. The summed E-state index contributed by atoms with van der Waals surface area (Å²) in [6, 6.07) is 14.9. The molecule has 2 aromatic carbocycles. The Morgan fingerprint density at radius 1 is 0.950 bits per heavy atom. The monoisotopic (exact) mass is 331 g/mol. The molecular formula is C18H22BrN. The highest BCUT2D eigenvalue weighted by molar-refractivity contribution is 9.10. The van der Waals surface area contributed by atoms with E-state index < -0.39 is 0 Å². The minimum atomic E-state index is -0.0825. The molecular weight excluding hydrogens is 310 g/mol. The molecule has 0 aliphatic carbocycles. The van der Waals surface area contributed by atoms with Crippen molar-refractivity contribution in [2.75, 3.05) is 0 Å². The van der Waals surface area contributed by atoms with Crippen molar-refractivity contribution >= 4 is 15.9 Å². The van der Waals surface area contributed by atoms with Crippen LogP contribution in [0.3, 0.4) is 0 Å². The number of hydrogen-bond acceptors (Lipinski definition) is 1. The minimum absolute atomic E-state index is 0.0825. The molecule has 0 saturated heterocycles. The standard InChI is InChI=1S/C18H22BrN/c1-12-5-6-14(11-16(12)19)17(20)13-7-9-15(10-8-13)18(2,3)4/h5-11,17H,20H2,1-4H3. The lowest BCUT2D eigenvalue weighted by atomic mass is 9.86. The third-order valence-electron chi connectivity index (χ3n) is 3.69. The first-order chi connectivity index (χ1) is 9.29. The summed E-state index contributed by atoms with van der Waals surface area (Å²) in [4.78, 5) is 0. The SMILES string of the molecule is Cc1ccc(C(N)c2ccc(C(C)(C)C)cc2)cc1Br. The summed E-state index contributed by atoms with van der Waals surface area (Å²) >= 11 is 3.57. The maximum absolute atomic E-state index is 6.37. The number of hydrogen-bond donors (Lipinski definition) is 1. The molecule has 20 heavy (non-hydrogen) atoms. The smallest absolute Gasteiger partial charge is 0.0552 e. The second-order valence-electron chi connectivity index (χ2n) is 6.36. The topological polar surface area (TPSA) is 26.0 Å². The molecule has 0 bridgehead atoms. The fraction of sp³-hybridized carbons (Fsp3) is 0.333. The molecule has 106 valence electrons. The first-order valence-electron chi connectivity index (χ1n) is 6.91. The Morgan fingerprint density at radius 2 is 1.50 bits per heavy atom. The van der Waals surface area contributed by atoms with Crippen LogP contribution in [0.25, 0.3) is 0 Å². The summed E-state index contributed by atoms with van der Waals surface area (Å²) in [7, 11) is 0. The van der Waals surface area contributed by atoms with Crippen LogP contribution in [0.5, 0.6) is 0 Å². The largest absolute Gasteiger partial charge is 0.320 e. The second-order valence-corrected chi connectivity index (χ2v) is 7.21. The Bertz CT molecular complexity index is 594. The van der Waals surface area contributed by atoms with Crippen molar-refractivity contribution in [2.45, 2.75) is 39.2 Å². The predicted octanol–water partition coefficient (Wildman–Crippen LogP) is 5.10. The van der Waals surface area contributed by atoms with Crippen LogP contribution in [0.4, 0.5) is 0 Å². The average molecular weight is 332 g/mol. The molecule has 2 aromatic rings. The molecule has 1 atom stereocenters. The normalized spacial score (nSPS) is 13.3. The maximum atomic E-state index is 6.37. The highest BCUT2D eigenvalue weighted by Crippen LogP contribution is 2.27. The Morgan fingerprint density at radius 3 is 2.00 bits per heavy atom. The van der Waals surface area contributed by atoms with Crippen LogP contribution in [-0.2, 0) is 5.41 Å². The molecule has 2 heteroatoms. The Balaban J connectivity index is 2.29. The van der Waals surface area contributed by atoms with Gasteiger partial charge in [-0.05, 0) is 40.7 Å². The van der Waals surface area contributed by atoms with Crippen LogP contribution in [0, 0.1) is 6.92 Å². The van der Waals surface area contributed by atoms with Crippen molar-refractivity contribution in [2.24, 2.45) is 5.73 Å².